The van der Waals surface area contributed by atoms with Crippen LogP contribution in [0, 0.1) is 0 Å². The van der Waals surface area contributed by atoms with E-state index in [1.54, 1.807) is 0 Å². The summed E-state index contributed by atoms with van der Waals surface area (Å²) in [5, 5.41) is 5.18. The molecule has 110 valence electrons. The lowest BCUT2D eigenvalue weighted by molar-refractivity contribution is -0.115. The smallest absolute Gasteiger partial charge is 0.228 e. The molecule has 0 aliphatic heterocycles. The second-order valence-corrected chi connectivity index (χ2v) is 6.80. The van der Waals surface area contributed by atoms with Gasteiger partial charge in [-0.25, -0.2) is 0 Å². The van der Waals surface area contributed by atoms with E-state index < -0.39 is 0 Å². The Balaban J connectivity index is 1.76. The lowest BCUT2D eigenvalue weighted by Gasteiger charge is -2.08. The maximum absolute atomic E-state index is 12.2. The van der Waals surface area contributed by atoms with Gasteiger partial charge in [0.05, 0.1) is 6.42 Å². The summed E-state index contributed by atoms with van der Waals surface area (Å²) < 4.78 is 2.03. The zero-order valence-corrected chi connectivity index (χ0v) is 14.8. The number of hydrogen-bond acceptors (Lipinski definition) is 1. The molecule has 0 atom stereocenters. The Hall–Kier alpha value is -1.65. The third-order valence-electron chi connectivity index (χ3n) is 3.36. The van der Waals surface area contributed by atoms with Crippen molar-refractivity contribution in [2.45, 2.75) is 6.42 Å². The quantitative estimate of drug-likeness (QED) is 0.593. The molecule has 3 aromatic rings. The maximum atomic E-state index is 12.2. The molecular formula is C18H13Br2NO. The number of anilines is 1. The van der Waals surface area contributed by atoms with Gasteiger partial charge in [-0.3, -0.25) is 4.79 Å². The summed E-state index contributed by atoms with van der Waals surface area (Å²) in [5.41, 5.74) is 1.79. The molecule has 0 fully saturated rings. The van der Waals surface area contributed by atoms with Gasteiger partial charge in [-0.15, -0.1) is 0 Å². The number of amides is 1. The molecule has 0 saturated carbocycles. The van der Waals surface area contributed by atoms with E-state index in [0.29, 0.717) is 6.42 Å². The van der Waals surface area contributed by atoms with E-state index in [1.165, 1.54) is 0 Å². The molecule has 2 nitrogen and oxygen atoms in total. The molecule has 1 amide bonds. The van der Waals surface area contributed by atoms with Gasteiger partial charge in [0.1, 0.15) is 0 Å². The Kier molecular flexibility index (Phi) is 4.60. The minimum Gasteiger partial charge on any atom is -0.326 e. The van der Waals surface area contributed by atoms with Gasteiger partial charge in [0.25, 0.3) is 0 Å². The third-order valence-corrected chi connectivity index (χ3v) is 4.55. The summed E-state index contributed by atoms with van der Waals surface area (Å²) in [6, 6.07) is 19.7. The van der Waals surface area contributed by atoms with Crippen molar-refractivity contribution in [2.24, 2.45) is 0 Å². The van der Waals surface area contributed by atoms with Crippen molar-refractivity contribution in [3.8, 4) is 0 Å². The van der Waals surface area contributed by atoms with Crippen molar-refractivity contribution in [3.63, 3.8) is 0 Å². The number of benzene rings is 3. The van der Waals surface area contributed by atoms with Gasteiger partial charge in [0.2, 0.25) is 5.91 Å². The first-order chi connectivity index (χ1) is 10.6. The average Bonchev–Trinajstić information content (AvgIpc) is 2.47. The number of rotatable bonds is 3. The first-order valence-corrected chi connectivity index (χ1v) is 8.43. The van der Waals surface area contributed by atoms with E-state index in [9.17, 15) is 4.79 Å². The average molecular weight is 419 g/mol. The van der Waals surface area contributed by atoms with Crippen LogP contribution in [0.25, 0.3) is 10.8 Å². The van der Waals surface area contributed by atoms with Crippen LogP contribution in [-0.4, -0.2) is 5.91 Å². The fourth-order valence-electron chi connectivity index (χ4n) is 2.36. The first-order valence-electron chi connectivity index (χ1n) is 6.84. The second kappa shape index (κ2) is 6.63. The van der Waals surface area contributed by atoms with Crippen molar-refractivity contribution < 1.29 is 4.79 Å². The minimum atomic E-state index is -0.0209. The SMILES string of the molecule is O=C(Cc1cccc(Br)c1)Nc1ccc2c(Br)cccc2c1. The molecule has 0 saturated heterocycles. The Labute approximate surface area is 145 Å². The number of hydrogen-bond donors (Lipinski definition) is 1. The molecule has 4 heteroatoms. The number of nitrogens with one attached hydrogen (secondary N) is 1. The lowest BCUT2D eigenvalue weighted by Crippen LogP contribution is -2.14. The van der Waals surface area contributed by atoms with Gasteiger partial charge in [0, 0.05) is 14.6 Å². The van der Waals surface area contributed by atoms with E-state index in [1.807, 2.05) is 60.7 Å². The summed E-state index contributed by atoms with van der Waals surface area (Å²) in [6.07, 6.45) is 0.357. The Morgan fingerprint density at radius 1 is 0.955 bits per heavy atom. The zero-order chi connectivity index (χ0) is 15.5. The van der Waals surface area contributed by atoms with Gasteiger partial charge in [-0.2, -0.15) is 0 Å². The number of carbonyl (C=O) groups is 1. The highest BCUT2D eigenvalue weighted by atomic mass is 79.9. The predicted octanol–water partition coefficient (Wildman–Crippen LogP) is 5.55. The summed E-state index contributed by atoms with van der Waals surface area (Å²) in [7, 11) is 0. The number of fused-ring (bicyclic) bond motifs is 1. The molecule has 22 heavy (non-hydrogen) atoms. The Morgan fingerprint density at radius 2 is 1.77 bits per heavy atom. The summed E-state index contributed by atoms with van der Waals surface area (Å²) in [6.45, 7) is 0. The van der Waals surface area contributed by atoms with Crippen LogP contribution in [0.2, 0.25) is 0 Å². The largest absolute Gasteiger partial charge is 0.326 e. The van der Waals surface area contributed by atoms with Crippen LogP contribution in [0.3, 0.4) is 0 Å². The Morgan fingerprint density at radius 3 is 2.59 bits per heavy atom. The van der Waals surface area contributed by atoms with Crippen molar-refractivity contribution in [3.05, 3.63) is 75.2 Å². The molecule has 3 aromatic carbocycles. The first kappa shape index (κ1) is 15.3. The van der Waals surface area contributed by atoms with Crippen LogP contribution in [0.4, 0.5) is 5.69 Å². The van der Waals surface area contributed by atoms with Crippen LogP contribution in [0.15, 0.2) is 69.6 Å². The fraction of sp³-hybridized carbons (Fsp3) is 0.0556. The highest BCUT2D eigenvalue weighted by molar-refractivity contribution is 9.11. The predicted molar refractivity (Wildman–Crippen MR) is 98.1 cm³/mol. The van der Waals surface area contributed by atoms with Gasteiger partial charge in [0.15, 0.2) is 0 Å². The molecule has 0 spiro atoms. The van der Waals surface area contributed by atoms with Crippen LogP contribution < -0.4 is 5.32 Å². The molecule has 0 unspecified atom stereocenters. The van der Waals surface area contributed by atoms with Crippen LogP contribution in [-0.2, 0) is 11.2 Å². The molecule has 0 aromatic heterocycles. The van der Waals surface area contributed by atoms with Crippen molar-refractivity contribution in [2.75, 3.05) is 5.32 Å². The zero-order valence-electron chi connectivity index (χ0n) is 11.6. The highest BCUT2D eigenvalue weighted by Gasteiger charge is 2.06. The van der Waals surface area contributed by atoms with Gasteiger partial charge in [-0.05, 0) is 46.7 Å². The van der Waals surface area contributed by atoms with E-state index in [4.69, 9.17) is 0 Å². The van der Waals surface area contributed by atoms with E-state index in [0.717, 1.165) is 31.0 Å². The molecule has 0 bridgehead atoms. The molecule has 1 N–H and O–H groups in total. The molecule has 0 aliphatic rings. The molecular weight excluding hydrogens is 406 g/mol. The van der Waals surface area contributed by atoms with Gasteiger partial charge < -0.3 is 5.32 Å². The standard InChI is InChI=1S/C18H13Br2NO/c19-14-5-1-3-12(9-14)10-18(22)21-15-7-8-16-13(11-15)4-2-6-17(16)20/h1-9,11H,10H2,(H,21,22). The number of carbonyl (C=O) groups excluding carboxylic acids is 1. The van der Waals surface area contributed by atoms with Crippen LogP contribution in [0.1, 0.15) is 5.56 Å². The summed E-state index contributed by atoms with van der Waals surface area (Å²) >= 11 is 6.95. The molecule has 0 radical (unpaired) electrons. The van der Waals surface area contributed by atoms with Gasteiger partial charge in [-0.1, -0.05) is 62.2 Å². The summed E-state index contributed by atoms with van der Waals surface area (Å²) in [5.74, 6) is -0.0209. The topological polar surface area (TPSA) is 29.1 Å². The van der Waals surface area contributed by atoms with E-state index >= 15 is 0 Å². The normalized spacial score (nSPS) is 10.6. The highest BCUT2D eigenvalue weighted by Crippen LogP contribution is 2.26. The molecule has 3 rings (SSSR count). The second-order valence-electron chi connectivity index (χ2n) is 5.03. The van der Waals surface area contributed by atoms with Crippen LogP contribution >= 0.6 is 31.9 Å². The Bertz CT molecular complexity index is 845. The fourth-order valence-corrected chi connectivity index (χ4v) is 3.32. The van der Waals surface area contributed by atoms with E-state index in [2.05, 4.69) is 37.2 Å². The van der Waals surface area contributed by atoms with E-state index in [-0.39, 0.29) is 5.91 Å². The minimum absolute atomic E-state index is 0.0209. The third kappa shape index (κ3) is 3.57. The van der Waals surface area contributed by atoms with Crippen LogP contribution in [0.5, 0.6) is 0 Å². The molecule has 0 heterocycles. The number of halogens is 2. The lowest BCUT2D eigenvalue weighted by atomic mass is 10.1. The maximum Gasteiger partial charge on any atom is 0.228 e. The molecule has 0 aliphatic carbocycles. The van der Waals surface area contributed by atoms with Crippen molar-refractivity contribution in [1.82, 2.24) is 0 Å². The summed E-state index contributed by atoms with van der Waals surface area (Å²) in [4.78, 5) is 12.2. The van der Waals surface area contributed by atoms with Crippen molar-refractivity contribution in [1.29, 1.82) is 0 Å². The van der Waals surface area contributed by atoms with Gasteiger partial charge >= 0.3 is 0 Å². The van der Waals surface area contributed by atoms with Crippen molar-refractivity contribution >= 4 is 54.2 Å². The monoisotopic (exact) mass is 417 g/mol.